The standard InChI is InChI=1S/C71H83NO/c1-16-26-43(12)57-52(31-21-6)54-35-34-47(28-18-3)60-55(32-22-7)62-56(33-23-8)61-51(30-20-5)49(25-10)53-37-36-50(48(29-19-4)40-42(11)24-9)63-59(45(14)41-46(15)72-38-39-73)67-58(44(13)27-17-2)66(57)70(64(54)60)69(62)71(67)68(61)65(53)63/h18,20-23,26-37,41-42,46,72-73H,16-17,19,24-25,38-40H2,1-15H3. The molecule has 0 radical (unpaired) electrons. The average molecular weight is 966 g/mol. The van der Waals surface area contributed by atoms with E-state index in [-0.39, 0.29) is 12.6 Å². The van der Waals surface area contributed by atoms with Crippen molar-refractivity contribution in [1.82, 2.24) is 5.32 Å². The number of rotatable bonds is 20. The molecule has 378 valence electrons. The molecule has 8 aromatic carbocycles. The van der Waals surface area contributed by atoms with Crippen LogP contribution >= 0.6 is 0 Å². The van der Waals surface area contributed by atoms with Crippen molar-refractivity contribution >= 4 is 128 Å². The van der Waals surface area contributed by atoms with Gasteiger partial charge in [-0.2, -0.15) is 0 Å². The lowest BCUT2D eigenvalue weighted by atomic mass is 9.70. The fourth-order valence-corrected chi connectivity index (χ4v) is 13.1. The zero-order chi connectivity index (χ0) is 52.4. The summed E-state index contributed by atoms with van der Waals surface area (Å²) in [7, 11) is 0. The van der Waals surface area contributed by atoms with Crippen molar-refractivity contribution in [2.24, 2.45) is 5.92 Å². The van der Waals surface area contributed by atoms with E-state index >= 15 is 0 Å². The second kappa shape index (κ2) is 22.6. The van der Waals surface area contributed by atoms with E-state index in [1.54, 1.807) is 0 Å². The number of aliphatic hydroxyl groups excluding tert-OH is 1. The molecule has 2 nitrogen and oxygen atoms in total. The number of aryl methyl sites for hydroxylation is 1. The van der Waals surface area contributed by atoms with Crippen LogP contribution in [0.4, 0.5) is 0 Å². The molecule has 0 aliphatic carbocycles. The molecule has 2 atom stereocenters. The predicted molar refractivity (Wildman–Crippen MR) is 334 cm³/mol. The highest BCUT2D eigenvalue weighted by atomic mass is 16.3. The Morgan fingerprint density at radius 1 is 0.507 bits per heavy atom. The largest absolute Gasteiger partial charge is 0.395 e. The molecule has 0 aromatic heterocycles. The van der Waals surface area contributed by atoms with Crippen molar-refractivity contribution < 1.29 is 5.11 Å². The molecule has 0 amide bonds. The fourth-order valence-electron chi connectivity index (χ4n) is 13.1. The van der Waals surface area contributed by atoms with Crippen LogP contribution in [0, 0.1) is 5.92 Å². The van der Waals surface area contributed by atoms with Crippen molar-refractivity contribution in [2.75, 3.05) is 13.2 Å². The highest BCUT2D eigenvalue weighted by molar-refractivity contribution is 6.50. The van der Waals surface area contributed by atoms with Gasteiger partial charge in [-0.05, 0) is 254 Å². The Morgan fingerprint density at radius 3 is 1.62 bits per heavy atom. The van der Waals surface area contributed by atoms with Gasteiger partial charge in [-0.3, -0.25) is 0 Å². The molecule has 0 aliphatic heterocycles. The molecular weight excluding hydrogens is 883 g/mol. The molecule has 2 unspecified atom stereocenters. The zero-order valence-electron chi connectivity index (χ0n) is 47.2. The molecule has 8 aromatic rings. The van der Waals surface area contributed by atoms with Gasteiger partial charge >= 0.3 is 0 Å². The molecule has 73 heavy (non-hydrogen) atoms. The number of hydrogen-bond acceptors (Lipinski definition) is 2. The quantitative estimate of drug-likeness (QED) is 0.0589. The number of nitrogens with one attached hydrogen (secondary N) is 1. The van der Waals surface area contributed by atoms with Crippen molar-refractivity contribution in [3.8, 4) is 0 Å². The van der Waals surface area contributed by atoms with Gasteiger partial charge in [0, 0.05) is 12.6 Å². The smallest absolute Gasteiger partial charge is 0.0556 e. The normalized spacial score (nSPS) is 15.0. The third kappa shape index (κ3) is 8.71. The van der Waals surface area contributed by atoms with E-state index in [1.165, 1.54) is 153 Å². The summed E-state index contributed by atoms with van der Waals surface area (Å²) in [4.78, 5) is 0. The summed E-state index contributed by atoms with van der Waals surface area (Å²) in [5.41, 5.74) is 18.5. The van der Waals surface area contributed by atoms with Gasteiger partial charge in [0.15, 0.2) is 0 Å². The van der Waals surface area contributed by atoms with E-state index < -0.39 is 0 Å². The van der Waals surface area contributed by atoms with Crippen molar-refractivity contribution in [3.63, 3.8) is 0 Å². The highest BCUT2D eigenvalue weighted by Crippen LogP contribution is 2.60. The van der Waals surface area contributed by atoms with Crippen LogP contribution in [0.1, 0.15) is 192 Å². The van der Waals surface area contributed by atoms with Crippen LogP contribution in [-0.4, -0.2) is 24.3 Å². The van der Waals surface area contributed by atoms with Crippen LogP contribution in [-0.2, 0) is 6.42 Å². The lowest BCUT2D eigenvalue weighted by molar-refractivity contribution is 0.289. The SMILES string of the molecule is CC=Cc1c(C(C)=CCC)c2c(C(C)=CCC)c3c(C(C)=CC(C)NCCO)c4c(C(=CCC)CC(C)CC)ccc5c(CC)c(C=CC)c6c(C=CC)c7c(C=CC)c8c(C=CC)ccc1c8c2c7c3c6c54. The Balaban J connectivity index is 2.00. The number of allylic oxidation sites excluding steroid dienone is 12. The summed E-state index contributed by atoms with van der Waals surface area (Å²) in [6.07, 6.45) is 39.2. The highest BCUT2D eigenvalue weighted by Gasteiger charge is 2.34. The van der Waals surface area contributed by atoms with Crippen LogP contribution in [0.15, 0.2) is 78.9 Å². The van der Waals surface area contributed by atoms with Crippen molar-refractivity contribution in [2.45, 2.75) is 148 Å². The first-order valence-electron chi connectivity index (χ1n) is 28.0. The average Bonchev–Trinajstić information content (AvgIpc) is 3.37. The minimum absolute atomic E-state index is 0.0219. The molecule has 0 saturated heterocycles. The molecule has 0 bridgehead atoms. The van der Waals surface area contributed by atoms with Gasteiger partial charge in [-0.25, -0.2) is 0 Å². The molecule has 0 saturated carbocycles. The Bertz CT molecular complexity index is 3640. The minimum Gasteiger partial charge on any atom is -0.395 e. The van der Waals surface area contributed by atoms with E-state index in [0.717, 1.165) is 38.5 Å². The van der Waals surface area contributed by atoms with Crippen LogP contribution in [0.2, 0.25) is 0 Å². The molecule has 0 aliphatic rings. The molecule has 0 heterocycles. The van der Waals surface area contributed by atoms with Gasteiger partial charge < -0.3 is 10.4 Å². The van der Waals surface area contributed by atoms with Gasteiger partial charge in [0.1, 0.15) is 0 Å². The molecule has 2 N–H and O–H groups in total. The molecule has 8 rings (SSSR count). The van der Waals surface area contributed by atoms with Crippen molar-refractivity contribution in [1.29, 1.82) is 0 Å². The van der Waals surface area contributed by atoms with Gasteiger partial charge in [0.05, 0.1) is 6.61 Å². The Hall–Kier alpha value is -6.06. The predicted octanol–water partition coefficient (Wildman–Crippen LogP) is 21.0. The van der Waals surface area contributed by atoms with Gasteiger partial charge in [0.2, 0.25) is 0 Å². The summed E-state index contributed by atoms with van der Waals surface area (Å²) in [5, 5.41) is 32.7. The van der Waals surface area contributed by atoms with Crippen molar-refractivity contribution in [3.05, 3.63) is 135 Å². The first-order valence-corrected chi connectivity index (χ1v) is 28.0. The lowest BCUT2D eigenvalue weighted by Crippen LogP contribution is -2.27. The van der Waals surface area contributed by atoms with E-state index in [0.29, 0.717) is 12.5 Å². The van der Waals surface area contributed by atoms with Crippen LogP contribution in [0.5, 0.6) is 0 Å². The van der Waals surface area contributed by atoms with Gasteiger partial charge in [-0.1, -0.05) is 157 Å². The Kier molecular flexibility index (Phi) is 16.5. The lowest BCUT2D eigenvalue weighted by Gasteiger charge is -2.32. The first-order chi connectivity index (χ1) is 35.4. The third-order valence-electron chi connectivity index (χ3n) is 15.9. The Labute approximate surface area is 438 Å². The maximum Gasteiger partial charge on any atom is 0.0556 e. The number of hydrogen-bond donors (Lipinski definition) is 2. The maximum atomic E-state index is 10.1. The maximum absolute atomic E-state index is 10.1. The molecule has 0 spiro atoms. The fraction of sp³-hybridized carbons (Fsp3) is 0.352. The van der Waals surface area contributed by atoms with Crippen LogP contribution in [0.25, 0.3) is 128 Å². The Morgan fingerprint density at radius 2 is 1.01 bits per heavy atom. The molecule has 2 heteroatoms. The summed E-state index contributed by atoms with van der Waals surface area (Å²) in [6.45, 7) is 35.0. The van der Waals surface area contributed by atoms with Crippen LogP contribution < -0.4 is 5.32 Å². The second-order valence-electron chi connectivity index (χ2n) is 20.7. The van der Waals surface area contributed by atoms with Gasteiger partial charge in [-0.15, -0.1) is 0 Å². The summed E-state index contributed by atoms with van der Waals surface area (Å²) >= 11 is 0. The number of benzene rings is 8. The van der Waals surface area contributed by atoms with E-state index in [9.17, 15) is 5.11 Å². The van der Waals surface area contributed by atoms with E-state index in [1.807, 2.05) is 0 Å². The topological polar surface area (TPSA) is 32.3 Å². The van der Waals surface area contributed by atoms with E-state index in [4.69, 9.17) is 0 Å². The summed E-state index contributed by atoms with van der Waals surface area (Å²) < 4.78 is 0. The molecular formula is C71H83NO. The monoisotopic (exact) mass is 966 g/mol. The zero-order valence-corrected chi connectivity index (χ0v) is 47.2. The van der Waals surface area contributed by atoms with E-state index in [2.05, 4.69) is 219 Å². The minimum atomic E-state index is 0.0219. The molecule has 0 fully saturated rings. The summed E-state index contributed by atoms with van der Waals surface area (Å²) in [5.74, 6) is 0.526. The summed E-state index contributed by atoms with van der Waals surface area (Å²) in [6, 6.07) is 9.86. The van der Waals surface area contributed by atoms with Gasteiger partial charge in [0.25, 0.3) is 0 Å². The second-order valence-corrected chi connectivity index (χ2v) is 20.7. The third-order valence-corrected chi connectivity index (χ3v) is 15.9. The van der Waals surface area contributed by atoms with Crippen LogP contribution in [0.3, 0.4) is 0 Å². The first kappa shape index (κ1) is 53.2. The number of aliphatic hydroxyl groups is 1.